The van der Waals surface area contributed by atoms with Gasteiger partial charge in [-0.2, -0.15) is 0 Å². The summed E-state index contributed by atoms with van der Waals surface area (Å²) < 4.78 is 28.2. The van der Waals surface area contributed by atoms with Gasteiger partial charge in [-0.15, -0.1) is 11.3 Å². The molecule has 2 heterocycles. The van der Waals surface area contributed by atoms with Crippen LogP contribution in [0, 0.1) is 5.92 Å². The predicted molar refractivity (Wildman–Crippen MR) is 102 cm³/mol. The number of carbonyl (C=O) groups excluding carboxylic acids is 1. The van der Waals surface area contributed by atoms with Gasteiger partial charge in [0.1, 0.15) is 4.21 Å². The molecule has 0 spiro atoms. The molecule has 1 aromatic carbocycles. The van der Waals surface area contributed by atoms with Crippen molar-refractivity contribution in [3.8, 4) is 0 Å². The molecule has 138 valence electrons. The summed E-state index contributed by atoms with van der Waals surface area (Å²) in [5.74, 6) is 0.406. The minimum Gasteiger partial charge on any atom is -0.338 e. The van der Waals surface area contributed by atoms with E-state index in [1.165, 1.54) is 11.3 Å². The van der Waals surface area contributed by atoms with Crippen molar-refractivity contribution >= 4 is 38.9 Å². The molecule has 0 saturated heterocycles. The Balaban J connectivity index is 1.47. The third-order valence-corrected chi connectivity index (χ3v) is 8.05. The van der Waals surface area contributed by atoms with Crippen LogP contribution in [0.15, 0.2) is 34.5 Å². The third kappa shape index (κ3) is 3.81. The van der Waals surface area contributed by atoms with Crippen LogP contribution >= 0.6 is 22.9 Å². The summed E-state index contributed by atoms with van der Waals surface area (Å²) in [5, 5.41) is 0.578. The van der Waals surface area contributed by atoms with Gasteiger partial charge >= 0.3 is 0 Å². The molecule has 1 saturated carbocycles. The van der Waals surface area contributed by atoms with E-state index >= 15 is 0 Å². The van der Waals surface area contributed by atoms with Gasteiger partial charge in [-0.1, -0.05) is 23.7 Å². The van der Waals surface area contributed by atoms with Crippen LogP contribution in [0.2, 0.25) is 5.02 Å². The predicted octanol–water partition coefficient (Wildman–Crippen LogP) is 3.17. The summed E-state index contributed by atoms with van der Waals surface area (Å²) >= 11 is 7.24. The molecular formula is C18H19ClN2O3S2. The number of hydrogen-bond donors (Lipinski definition) is 1. The van der Waals surface area contributed by atoms with Gasteiger partial charge in [-0.25, -0.2) is 13.1 Å². The lowest BCUT2D eigenvalue weighted by molar-refractivity contribution is -0.133. The van der Waals surface area contributed by atoms with E-state index in [-0.39, 0.29) is 18.4 Å². The molecule has 2 aromatic rings. The molecule has 0 unspecified atom stereocenters. The van der Waals surface area contributed by atoms with Crippen molar-refractivity contribution < 1.29 is 13.2 Å². The number of rotatable bonds is 5. The molecule has 1 N–H and O–H groups in total. The molecule has 1 aliphatic carbocycles. The summed E-state index contributed by atoms with van der Waals surface area (Å²) in [4.78, 5) is 15.2. The molecule has 5 nitrogen and oxygen atoms in total. The zero-order chi connectivity index (χ0) is 18.3. The minimum atomic E-state index is -3.59. The Morgan fingerprint density at radius 2 is 2.12 bits per heavy atom. The lowest BCUT2D eigenvalue weighted by Gasteiger charge is -2.26. The fraction of sp³-hybridized carbons (Fsp3) is 0.389. The third-order valence-electron chi connectivity index (χ3n) is 4.70. The first kappa shape index (κ1) is 18.0. The molecule has 2 aliphatic rings. The number of fused-ring (bicyclic) bond motifs is 1. The lowest BCUT2D eigenvalue weighted by atomic mass is 10.1. The highest BCUT2D eigenvalue weighted by molar-refractivity contribution is 7.91. The van der Waals surface area contributed by atoms with Gasteiger partial charge in [0.25, 0.3) is 0 Å². The Hall–Kier alpha value is -1.41. The largest absolute Gasteiger partial charge is 0.338 e. The SMILES string of the molecule is O=C(C1CC1)N1CCc2sc(S(=O)(=O)NCc3cccc(Cl)c3)cc2C1. The maximum absolute atomic E-state index is 12.6. The summed E-state index contributed by atoms with van der Waals surface area (Å²) in [6, 6.07) is 8.83. The van der Waals surface area contributed by atoms with Gasteiger partial charge in [0, 0.05) is 35.5 Å². The lowest BCUT2D eigenvalue weighted by Crippen LogP contribution is -2.36. The number of carbonyl (C=O) groups is 1. The van der Waals surface area contributed by atoms with E-state index in [0.29, 0.717) is 22.3 Å². The van der Waals surface area contributed by atoms with Gasteiger partial charge in [0.05, 0.1) is 0 Å². The molecular weight excluding hydrogens is 392 g/mol. The highest BCUT2D eigenvalue weighted by Gasteiger charge is 2.35. The van der Waals surface area contributed by atoms with Crippen molar-refractivity contribution in [1.82, 2.24) is 9.62 Å². The second-order valence-corrected chi connectivity index (χ2v) is 10.3. The average Bonchev–Trinajstić information content (AvgIpc) is 3.37. The van der Waals surface area contributed by atoms with Crippen molar-refractivity contribution in [1.29, 1.82) is 0 Å². The Morgan fingerprint density at radius 1 is 1.31 bits per heavy atom. The zero-order valence-electron chi connectivity index (χ0n) is 14.1. The van der Waals surface area contributed by atoms with Gasteiger partial charge in [-0.05, 0) is 48.6 Å². The second-order valence-electron chi connectivity index (χ2n) is 6.75. The highest BCUT2D eigenvalue weighted by Crippen LogP contribution is 2.35. The maximum atomic E-state index is 12.6. The van der Waals surface area contributed by atoms with Gasteiger partial charge in [-0.3, -0.25) is 4.79 Å². The molecule has 1 amide bonds. The number of amides is 1. The first-order chi connectivity index (χ1) is 12.4. The summed E-state index contributed by atoms with van der Waals surface area (Å²) in [6.45, 7) is 1.39. The molecule has 26 heavy (non-hydrogen) atoms. The van der Waals surface area contributed by atoms with Crippen LogP contribution in [0.3, 0.4) is 0 Å². The standard InChI is InChI=1S/C18H19ClN2O3S2/c19-15-3-1-2-12(8-15)10-20-26(23,24)17-9-14-11-21(7-6-16(14)25-17)18(22)13-4-5-13/h1-3,8-9,13,20H,4-7,10-11H2. The highest BCUT2D eigenvalue weighted by atomic mass is 35.5. The monoisotopic (exact) mass is 410 g/mol. The number of nitrogens with zero attached hydrogens (tertiary/aromatic N) is 1. The molecule has 1 aromatic heterocycles. The number of sulfonamides is 1. The molecule has 1 aliphatic heterocycles. The first-order valence-corrected chi connectivity index (χ1v) is 11.2. The molecule has 1 fully saturated rings. The van der Waals surface area contributed by atoms with Crippen molar-refractivity contribution in [2.24, 2.45) is 5.92 Å². The van der Waals surface area contributed by atoms with Crippen molar-refractivity contribution in [3.63, 3.8) is 0 Å². The first-order valence-electron chi connectivity index (χ1n) is 8.57. The van der Waals surface area contributed by atoms with Crippen molar-refractivity contribution in [2.75, 3.05) is 6.54 Å². The second kappa shape index (κ2) is 6.96. The number of benzene rings is 1. The average molecular weight is 411 g/mol. The van der Waals surface area contributed by atoms with E-state index in [4.69, 9.17) is 11.6 Å². The quantitative estimate of drug-likeness (QED) is 0.823. The summed E-state index contributed by atoms with van der Waals surface area (Å²) in [7, 11) is -3.59. The molecule has 0 bridgehead atoms. The van der Waals surface area contributed by atoms with Crippen LogP contribution in [-0.4, -0.2) is 25.8 Å². The van der Waals surface area contributed by atoms with Crippen LogP contribution in [0.4, 0.5) is 0 Å². The zero-order valence-corrected chi connectivity index (χ0v) is 16.5. The van der Waals surface area contributed by atoms with E-state index in [1.54, 1.807) is 24.3 Å². The van der Waals surface area contributed by atoms with Crippen LogP contribution < -0.4 is 4.72 Å². The van der Waals surface area contributed by atoms with Crippen molar-refractivity contribution in [3.05, 3.63) is 51.4 Å². The van der Waals surface area contributed by atoms with E-state index in [2.05, 4.69) is 4.72 Å². The topological polar surface area (TPSA) is 66.5 Å². The van der Waals surface area contributed by atoms with Gasteiger partial charge in [0.15, 0.2) is 0 Å². The maximum Gasteiger partial charge on any atom is 0.250 e. The van der Waals surface area contributed by atoms with E-state index in [1.807, 2.05) is 11.0 Å². The minimum absolute atomic E-state index is 0.192. The van der Waals surface area contributed by atoms with Crippen LogP contribution in [0.25, 0.3) is 0 Å². The van der Waals surface area contributed by atoms with Crippen LogP contribution in [0.1, 0.15) is 28.8 Å². The fourth-order valence-corrected chi connectivity index (χ4v) is 5.93. The van der Waals surface area contributed by atoms with Gasteiger partial charge in [0.2, 0.25) is 15.9 Å². The molecule has 0 radical (unpaired) electrons. The van der Waals surface area contributed by atoms with Crippen LogP contribution in [0.5, 0.6) is 0 Å². The number of halogens is 1. The van der Waals surface area contributed by atoms with Crippen LogP contribution in [-0.2, 0) is 34.3 Å². The molecule has 0 atom stereocenters. The van der Waals surface area contributed by atoms with Gasteiger partial charge < -0.3 is 4.90 Å². The number of nitrogens with one attached hydrogen (secondary N) is 1. The summed E-state index contributed by atoms with van der Waals surface area (Å²) in [6.07, 6.45) is 2.69. The summed E-state index contributed by atoms with van der Waals surface area (Å²) in [5.41, 5.74) is 1.77. The number of hydrogen-bond acceptors (Lipinski definition) is 4. The molecule has 8 heteroatoms. The smallest absolute Gasteiger partial charge is 0.250 e. The molecule has 4 rings (SSSR count). The normalized spacial score (nSPS) is 17.2. The number of thiophene rings is 1. The Morgan fingerprint density at radius 3 is 2.85 bits per heavy atom. The van der Waals surface area contributed by atoms with E-state index < -0.39 is 10.0 Å². The van der Waals surface area contributed by atoms with E-state index in [0.717, 1.165) is 35.3 Å². The fourth-order valence-electron chi connectivity index (χ4n) is 3.11. The van der Waals surface area contributed by atoms with Crippen molar-refractivity contribution in [2.45, 2.75) is 36.6 Å². The van der Waals surface area contributed by atoms with E-state index in [9.17, 15) is 13.2 Å². The Kier molecular flexibility index (Phi) is 4.81. The Labute approximate surface area is 162 Å². The Bertz CT molecular complexity index is 951.